The number of carbonyl (C=O) groups excluding carboxylic acids is 1. The van der Waals surface area contributed by atoms with Gasteiger partial charge in [0.2, 0.25) is 0 Å². The molecule has 0 heterocycles. The van der Waals surface area contributed by atoms with Crippen LogP contribution in [0.15, 0.2) is 24.3 Å². The molecule has 0 aromatic heterocycles. The summed E-state index contributed by atoms with van der Waals surface area (Å²) in [5.74, 6) is 0.716. The van der Waals surface area contributed by atoms with Gasteiger partial charge in [0.05, 0.1) is 0 Å². The Bertz CT molecular complexity index is 405. The van der Waals surface area contributed by atoms with Crippen molar-refractivity contribution >= 4 is 5.91 Å². The Morgan fingerprint density at radius 3 is 2.68 bits per heavy atom. The van der Waals surface area contributed by atoms with E-state index < -0.39 is 6.10 Å². The highest BCUT2D eigenvalue weighted by molar-refractivity contribution is 5.80. The molecular formula is C15H24N2O2. The molecule has 1 aromatic rings. The van der Waals surface area contributed by atoms with Crippen LogP contribution in [-0.4, -0.2) is 44.1 Å². The van der Waals surface area contributed by atoms with E-state index in [1.165, 1.54) is 0 Å². The molecule has 1 rings (SSSR count). The van der Waals surface area contributed by atoms with Crippen molar-refractivity contribution in [3.63, 3.8) is 0 Å². The lowest BCUT2D eigenvalue weighted by Gasteiger charge is -2.17. The van der Waals surface area contributed by atoms with Gasteiger partial charge in [-0.2, -0.15) is 0 Å². The van der Waals surface area contributed by atoms with Crippen LogP contribution < -0.4 is 10.1 Å². The van der Waals surface area contributed by atoms with Crippen molar-refractivity contribution in [3.05, 3.63) is 29.8 Å². The van der Waals surface area contributed by atoms with Gasteiger partial charge < -0.3 is 15.0 Å². The zero-order valence-corrected chi connectivity index (χ0v) is 12.3. The predicted octanol–water partition coefficient (Wildman–Crippen LogP) is 1.69. The van der Waals surface area contributed by atoms with Crippen LogP contribution in [0.25, 0.3) is 0 Å². The molecule has 0 aliphatic heterocycles. The maximum absolute atomic E-state index is 11.9. The molecule has 4 nitrogen and oxygen atoms in total. The fourth-order valence-corrected chi connectivity index (χ4v) is 1.70. The van der Waals surface area contributed by atoms with Crippen molar-refractivity contribution in [2.75, 3.05) is 27.2 Å². The van der Waals surface area contributed by atoms with Gasteiger partial charge in [-0.15, -0.1) is 0 Å². The van der Waals surface area contributed by atoms with Crippen molar-refractivity contribution in [2.45, 2.75) is 26.4 Å². The lowest BCUT2D eigenvalue weighted by atomic mass is 10.1. The quantitative estimate of drug-likeness (QED) is 0.815. The molecule has 1 atom stereocenters. The first kappa shape index (κ1) is 15.5. The number of benzene rings is 1. The summed E-state index contributed by atoms with van der Waals surface area (Å²) in [6.07, 6.45) is 0.417. The van der Waals surface area contributed by atoms with Crippen molar-refractivity contribution < 1.29 is 9.53 Å². The molecule has 0 radical (unpaired) electrons. The van der Waals surface area contributed by atoms with E-state index in [2.05, 4.69) is 12.2 Å². The van der Waals surface area contributed by atoms with Gasteiger partial charge in [-0.05, 0) is 39.1 Å². The summed E-state index contributed by atoms with van der Waals surface area (Å²) in [6.45, 7) is 5.31. The van der Waals surface area contributed by atoms with E-state index in [9.17, 15) is 4.79 Å². The fraction of sp³-hybridized carbons (Fsp3) is 0.533. The molecule has 1 N–H and O–H groups in total. The van der Waals surface area contributed by atoms with Crippen LogP contribution in [0.4, 0.5) is 0 Å². The highest BCUT2D eigenvalue weighted by Crippen LogP contribution is 2.19. The van der Waals surface area contributed by atoms with Gasteiger partial charge in [0.25, 0.3) is 5.91 Å². The Morgan fingerprint density at radius 2 is 2.05 bits per heavy atom. The minimum absolute atomic E-state index is 0.0762. The summed E-state index contributed by atoms with van der Waals surface area (Å²) in [4.78, 5) is 13.9. The maximum Gasteiger partial charge on any atom is 0.260 e. The number of aryl methyl sites for hydroxylation is 1. The number of carbonyl (C=O) groups is 1. The Kier molecular flexibility index (Phi) is 6.36. The minimum Gasteiger partial charge on any atom is -0.481 e. The number of amides is 1. The van der Waals surface area contributed by atoms with Gasteiger partial charge in [0.1, 0.15) is 5.75 Å². The molecule has 0 saturated heterocycles. The Balaban J connectivity index is 2.49. The molecule has 0 aliphatic rings. The predicted molar refractivity (Wildman–Crippen MR) is 77.5 cm³/mol. The molecule has 106 valence electrons. The maximum atomic E-state index is 11.9. The second-order valence-electron chi connectivity index (χ2n) is 4.82. The summed E-state index contributed by atoms with van der Waals surface area (Å²) in [6, 6.07) is 7.83. The molecule has 0 bridgehead atoms. The van der Waals surface area contributed by atoms with Crippen LogP contribution in [0.2, 0.25) is 0 Å². The summed E-state index contributed by atoms with van der Waals surface area (Å²) in [5, 5.41) is 2.87. The largest absolute Gasteiger partial charge is 0.481 e. The van der Waals surface area contributed by atoms with Gasteiger partial charge in [-0.3, -0.25) is 4.79 Å². The molecule has 0 fully saturated rings. The van der Waals surface area contributed by atoms with Crippen molar-refractivity contribution in [2.24, 2.45) is 0 Å². The number of likely N-dealkylation sites (N-methyl/N-ethyl adjacent to an activating group) is 1. The van der Waals surface area contributed by atoms with Crippen molar-refractivity contribution in [3.8, 4) is 5.75 Å². The number of nitrogens with one attached hydrogen (secondary N) is 1. The Hall–Kier alpha value is -1.55. The van der Waals surface area contributed by atoms with E-state index in [-0.39, 0.29) is 5.91 Å². The molecule has 1 unspecified atom stereocenters. The topological polar surface area (TPSA) is 41.6 Å². The van der Waals surface area contributed by atoms with E-state index in [0.717, 1.165) is 24.3 Å². The number of hydrogen-bond acceptors (Lipinski definition) is 3. The molecule has 0 saturated carbocycles. The van der Waals surface area contributed by atoms with E-state index in [1.54, 1.807) is 6.92 Å². The minimum atomic E-state index is -0.477. The second-order valence-corrected chi connectivity index (χ2v) is 4.82. The molecule has 1 aromatic carbocycles. The smallest absolute Gasteiger partial charge is 0.260 e. The Labute approximate surface area is 115 Å². The van der Waals surface area contributed by atoms with Crippen LogP contribution in [-0.2, 0) is 11.2 Å². The van der Waals surface area contributed by atoms with E-state index in [0.29, 0.717) is 6.54 Å². The van der Waals surface area contributed by atoms with E-state index in [4.69, 9.17) is 4.74 Å². The SMILES string of the molecule is CCc1ccccc1OC(C)C(=O)NCCN(C)C. The average Bonchev–Trinajstić information content (AvgIpc) is 2.38. The molecule has 1 amide bonds. The average molecular weight is 264 g/mol. The lowest BCUT2D eigenvalue weighted by Crippen LogP contribution is -2.39. The van der Waals surface area contributed by atoms with Crippen LogP contribution >= 0.6 is 0 Å². The van der Waals surface area contributed by atoms with Gasteiger partial charge in [0.15, 0.2) is 6.10 Å². The van der Waals surface area contributed by atoms with Crippen molar-refractivity contribution in [1.29, 1.82) is 0 Å². The van der Waals surface area contributed by atoms with E-state index in [1.807, 2.05) is 43.3 Å². The number of nitrogens with zero attached hydrogens (tertiary/aromatic N) is 1. The number of para-hydroxylation sites is 1. The zero-order chi connectivity index (χ0) is 14.3. The fourth-order valence-electron chi connectivity index (χ4n) is 1.70. The van der Waals surface area contributed by atoms with Gasteiger partial charge in [0, 0.05) is 13.1 Å². The molecule has 4 heteroatoms. The molecule has 0 spiro atoms. The summed E-state index contributed by atoms with van der Waals surface area (Å²) in [5.41, 5.74) is 1.12. The summed E-state index contributed by atoms with van der Waals surface area (Å²) < 4.78 is 5.73. The number of ether oxygens (including phenoxy) is 1. The van der Waals surface area contributed by atoms with Crippen LogP contribution in [0.3, 0.4) is 0 Å². The number of rotatable bonds is 7. The highest BCUT2D eigenvalue weighted by atomic mass is 16.5. The molecular weight excluding hydrogens is 240 g/mol. The van der Waals surface area contributed by atoms with Crippen LogP contribution in [0.1, 0.15) is 19.4 Å². The van der Waals surface area contributed by atoms with Gasteiger partial charge in [-0.25, -0.2) is 0 Å². The first-order chi connectivity index (χ1) is 9.04. The Morgan fingerprint density at radius 1 is 1.37 bits per heavy atom. The van der Waals surface area contributed by atoms with Crippen molar-refractivity contribution in [1.82, 2.24) is 10.2 Å². The highest BCUT2D eigenvalue weighted by Gasteiger charge is 2.15. The molecule has 19 heavy (non-hydrogen) atoms. The summed E-state index contributed by atoms with van der Waals surface area (Å²) >= 11 is 0. The first-order valence-electron chi connectivity index (χ1n) is 6.71. The summed E-state index contributed by atoms with van der Waals surface area (Å²) in [7, 11) is 3.95. The van der Waals surface area contributed by atoms with Gasteiger partial charge >= 0.3 is 0 Å². The van der Waals surface area contributed by atoms with Crippen LogP contribution in [0.5, 0.6) is 5.75 Å². The van der Waals surface area contributed by atoms with E-state index >= 15 is 0 Å². The normalized spacial score (nSPS) is 12.3. The first-order valence-corrected chi connectivity index (χ1v) is 6.71. The molecule has 0 aliphatic carbocycles. The monoisotopic (exact) mass is 264 g/mol. The third-order valence-corrected chi connectivity index (χ3v) is 2.88. The second kappa shape index (κ2) is 7.79. The third-order valence-electron chi connectivity index (χ3n) is 2.88. The van der Waals surface area contributed by atoms with Gasteiger partial charge in [-0.1, -0.05) is 25.1 Å². The van der Waals surface area contributed by atoms with Crippen LogP contribution in [0, 0.1) is 0 Å². The lowest BCUT2D eigenvalue weighted by molar-refractivity contribution is -0.127. The number of hydrogen-bond donors (Lipinski definition) is 1. The third kappa shape index (κ3) is 5.30. The standard InChI is InChI=1S/C15H24N2O2/c1-5-13-8-6-7-9-14(13)19-12(2)15(18)16-10-11-17(3)4/h6-9,12H,5,10-11H2,1-4H3,(H,16,18). The zero-order valence-electron chi connectivity index (χ0n) is 12.3.